The van der Waals surface area contributed by atoms with E-state index in [0.29, 0.717) is 10.2 Å². The van der Waals surface area contributed by atoms with Crippen LogP contribution in [0.5, 0.6) is 0 Å². The van der Waals surface area contributed by atoms with Crippen LogP contribution in [0, 0.1) is 4.91 Å². The lowest BCUT2D eigenvalue weighted by molar-refractivity contribution is -0.581. The first-order chi connectivity index (χ1) is 7.27. The molecule has 1 aromatic rings. The van der Waals surface area contributed by atoms with Crippen molar-refractivity contribution in [3.05, 3.63) is 27.9 Å². The molecule has 76 valence electrons. The molecule has 2 aliphatic rings. The largest absolute Gasteiger partial charge is 0.294 e. The maximum absolute atomic E-state index is 11.6. The van der Waals surface area contributed by atoms with Crippen molar-refractivity contribution in [1.82, 2.24) is 10.3 Å². The van der Waals surface area contributed by atoms with E-state index < -0.39 is 0 Å². The maximum atomic E-state index is 11.6. The molecular weight excluding hydrogens is 194 g/mol. The summed E-state index contributed by atoms with van der Waals surface area (Å²) in [6.45, 7) is 0. The number of nitrogens with one attached hydrogen (secondary N) is 1. The van der Waals surface area contributed by atoms with Crippen molar-refractivity contribution in [3.8, 4) is 0 Å². The molecule has 0 bridgehead atoms. The Morgan fingerprint density at radius 3 is 3.20 bits per heavy atom. The lowest BCUT2D eigenvalue weighted by atomic mass is 9.79. The number of ketones is 1. The van der Waals surface area contributed by atoms with E-state index in [9.17, 15) is 9.70 Å². The van der Waals surface area contributed by atoms with E-state index in [4.69, 9.17) is 0 Å². The number of aromatic amines is 1. The summed E-state index contributed by atoms with van der Waals surface area (Å²) in [7, 11) is 0. The molecule has 0 aliphatic heterocycles. The third kappa shape index (κ3) is 1.09. The number of allylic oxidation sites excluding steroid dienone is 1. The minimum absolute atomic E-state index is 0.0939. The number of carbonyl (C=O) groups excluding carboxylic acids is 1. The predicted octanol–water partition coefficient (Wildman–Crippen LogP) is 0.340. The van der Waals surface area contributed by atoms with E-state index in [1.165, 1.54) is 0 Å². The molecule has 0 saturated heterocycles. The van der Waals surface area contributed by atoms with Gasteiger partial charge in [-0.15, -0.1) is 0 Å². The van der Waals surface area contributed by atoms with Crippen LogP contribution >= 0.6 is 0 Å². The Morgan fingerprint density at radius 2 is 2.33 bits per heavy atom. The SMILES string of the molecule is O=C1C=Cc2n[nH][n+](=O)c3c2C1CCC3. The van der Waals surface area contributed by atoms with Crippen LogP contribution in [0.4, 0.5) is 0 Å². The molecule has 1 aromatic heterocycles. The smallest absolute Gasteiger partial charge is 0.208 e. The molecule has 0 fully saturated rings. The van der Waals surface area contributed by atoms with Gasteiger partial charge in [-0.1, -0.05) is 0 Å². The summed E-state index contributed by atoms with van der Waals surface area (Å²) in [5.74, 6) is -0.0486. The van der Waals surface area contributed by atoms with E-state index in [-0.39, 0.29) is 11.7 Å². The Morgan fingerprint density at radius 1 is 1.47 bits per heavy atom. The summed E-state index contributed by atoms with van der Waals surface area (Å²) in [4.78, 5) is 23.1. The van der Waals surface area contributed by atoms with Gasteiger partial charge in [-0.25, -0.2) is 0 Å². The van der Waals surface area contributed by atoms with E-state index >= 15 is 0 Å². The molecule has 1 unspecified atom stereocenters. The first-order valence-electron chi connectivity index (χ1n) is 5.03. The molecule has 1 N–H and O–H groups in total. The van der Waals surface area contributed by atoms with Gasteiger partial charge in [0.15, 0.2) is 11.5 Å². The van der Waals surface area contributed by atoms with Gasteiger partial charge in [-0.3, -0.25) is 4.79 Å². The van der Waals surface area contributed by atoms with Crippen LogP contribution in [0.3, 0.4) is 0 Å². The number of nitrogens with zero attached hydrogens (tertiary/aromatic N) is 2. The normalized spacial score (nSPS) is 22.7. The fourth-order valence-electron chi connectivity index (χ4n) is 2.40. The first kappa shape index (κ1) is 8.52. The van der Waals surface area contributed by atoms with Crippen LogP contribution in [0.25, 0.3) is 6.08 Å². The number of aromatic nitrogens is 3. The fourth-order valence-corrected chi connectivity index (χ4v) is 2.40. The Balaban J connectivity index is 2.35. The summed E-state index contributed by atoms with van der Waals surface area (Å²) in [6, 6.07) is 0. The monoisotopic (exact) mass is 204 g/mol. The summed E-state index contributed by atoms with van der Waals surface area (Å²) >= 11 is 0. The molecule has 2 aliphatic carbocycles. The fraction of sp³-hybridized carbons (Fsp3) is 0.400. The van der Waals surface area contributed by atoms with Crippen LogP contribution in [0.15, 0.2) is 6.08 Å². The number of carbonyl (C=O) groups is 1. The molecule has 5 heteroatoms. The van der Waals surface area contributed by atoms with Crippen molar-refractivity contribution in [1.29, 1.82) is 0 Å². The molecule has 0 radical (unpaired) electrons. The zero-order valence-electron chi connectivity index (χ0n) is 8.06. The Kier molecular flexibility index (Phi) is 1.62. The summed E-state index contributed by atoms with van der Waals surface area (Å²) in [6.07, 6.45) is 5.67. The molecule has 5 nitrogen and oxygen atoms in total. The zero-order valence-corrected chi connectivity index (χ0v) is 8.06. The topological polar surface area (TPSA) is 68.7 Å². The summed E-state index contributed by atoms with van der Waals surface area (Å²) in [5.41, 5.74) is 2.25. The molecule has 1 atom stereocenters. The van der Waals surface area contributed by atoms with Gasteiger partial charge in [0.1, 0.15) is 0 Å². The number of hydrogen-bond acceptors (Lipinski definition) is 3. The second kappa shape index (κ2) is 2.85. The number of rotatable bonds is 0. The quantitative estimate of drug-likeness (QED) is 0.619. The van der Waals surface area contributed by atoms with Gasteiger partial charge in [0.05, 0.1) is 16.0 Å². The average Bonchev–Trinajstić information content (AvgIpc) is 2.27. The van der Waals surface area contributed by atoms with Gasteiger partial charge in [0.2, 0.25) is 5.69 Å². The predicted molar refractivity (Wildman–Crippen MR) is 51.7 cm³/mol. The molecule has 0 spiro atoms. The Bertz CT molecular complexity index is 530. The minimum Gasteiger partial charge on any atom is -0.294 e. The van der Waals surface area contributed by atoms with Crippen molar-refractivity contribution in [2.45, 2.75) is 25.2 Å². The third-order valence-corrected chi connectivity index (χ3v) is 3.10. The highest BCUT2D eigenvalue weighted by atomic mass is 16.3. The van der Waals surface area contributed by atoms with Gasteiger partial charge in [0, 0.05) is 11.5 Å². The Hall–Kier alpha value is -1.78. The molecule has 1 heterocycles. The summed E-state index contributed by atoms with van der Waals surface area (Å²) in [5, 5.41) is 6.33. The minimum atomic E-state index is -0.143. The van der Waals surface area contributed by atoms with Gasteiger partial charge in [-0.2, -0.15) is 0 Å². The Labute approximate surface area is 85.4 Å². The molecule has 15 heavy (non-hydrogen) atoms. The van der Waals surface area contributed by atoms with E-state index in [1.54, 1.807) is 12.2 Å². The van der Waals surface area contributed by atoms with Gasteiger partial charge >= 0.3 is 0 Å². The van der Waals surface area contributed by atoms with Crippen molar-refractivity contribution in [2.24, 2.45) is 0 Å². The highest BCUT2D eigenvalue weighted by molar-refractivity contribution is 6.01. The van der Waals surface area contributed by atoms with Crippen LogP contribution < -0.4 is 4.54 Å². The van der Waals surface area contributed by atoms with Crippen LogP contribution in [0.1, 0.15) is 35.7 Å². The van der Waals surface area contributed by atoms with E-state index in [2.05, 4.69) is 10.3 Å². The lowest BCUT2D eigenvalue weighted by Gasteiger charge is -2.21. The average molecular weight is 204 g/mol. The third-order valence-electron chi connectivity index (χ3n) is 3.10. The maximum Gasteiger partial charge on any atom is 0.208 e. The number of hydrogen-bond donors (Lipinski definition) is 1. The zero-order chi connectivity index (χ0) is 10.4. The van der Waals surface area contributed by atoms with Crippen LogP contribution in [-0.4, -0.2) is 16.1 Å². The second-order valence-electron chi connectivity index (χ2n) is 3.93. The molecular formula is C10H10N3O2+. The highest BCUT2D eigenvalue weighted by Crippen LogP contribution is 2.35. The lowest BCUT2D eigenvalue weighted by Crippen LogP contribution is -2.35. The summed E-state index contributed by atoms with van der Waals surface area (Å²) < 4.78 is 0.678. The van der Waals surface area contributed by atoms with Crippen molar-refractivity contribution in [3.63, 3.8) is 0 Å². The van der Waals surface area contributed by atoms with Gasteiger partial charge < -0.3 is 0 Å². The molecule has 0 saturated carbocycles. The second-order valence-corrected chi connectivity index (χ2v) is 3.93. The van der Waals surface area contributed by atoms with Crippen molar-refractivity contribution < 1.29 is 9.34 Å². The molecule has 0 aromatic carbocycles. The van der Waals surface area contributed by atoms with Gasteiger partial charge in [0.25, 0.3) is 0 Å². The van der Waals surface area contributed by atoms with Crippen molar-refractivity contribution in [2.75, 3.05) is 0 Å². The highest BCUT2D eigenvalue weighted by Gasteiger charge is 2.36. The van der Waals surface area contributed by atoms with Crippen molar-refractivity contribution >= 4 is 11.9 Å². The van der Waals surface area contributed by atoms with E-state index in [1.807, 2.05) is 0 Å². The molecule has 3 rings (SSSR count). The van der Waals surface area contributed by atoms with E-state index in [0.717, 1.165) is 30.5 Å². The molecule has 0 amide bonds. The first-order valence-corrected chi connectivity index (χ1v) is 5.03. The standard InChI is InChI=1S/C10H9N3O2/c14-9-5-4-7-10-6(9)2-1-3-8(10)13(15)12-11-7/h4-6H,1-3H2/p+1. The van der Waals surface area contributed by atoms with Crippen LogP contribution in [-0.2, 0) is 11.2 Å². The van der Waals surface area contributed by atoms with Crippen LogP contribution in [0.2, 0.25) is 0 Å². The van der Waals surface area contributed by atoms with Gasteiger partial charge in [-0.05, 0) is 35.1 Å². The number of H-pyrrole nitrogens is 1.